The maximum absolute atomic E-state index is 4.85. The molecule has 0 spiro atoms. The second kappa shape index (κ2) is 10.6. The number of hydrogen-bond acceptors (Lipinski definition) is 2. The van der Waals surface area contributed by atoms with Gasteiger partial charge in [0.15, 0.2) is 0 Å². The van der Waals surface area contributed by atoms with Gasteiger partial charge in [-0.25, -0.2) is 0 Å². The molecular weight excluding hydrogens is 563 g/mol. The minimum atomic E-state index is 1.05. The molecule has 2 heterocycles. The predicted molar refractivity (Wildman–Crippen MR) is 194 cm³/mol. The first-order valence-corrected chi connectivity index (χ1v) is 16.1. The van der Waals surface area contributed by atoms with Gasteiger partial charge in [0.1, 0.15) is 0 Å². The smallest absolute Gasteiger partial charge is 0.0786 e. The first-order valence-electron chi connectivity index (χ1n) is 15.3. The molecule has 0 aliphatic heterocycles. The molecule has 2 aromatic heterocycles. The van der Waals surface area contributed by atoms with Crippen molar-refractivity contribution in [3.8, 4) is 44.5 Å². The molecule has 210 valence electrons. The van der Waals surface area contributed by atoms with Crippen LogP contribution in [-0.4, -0.2) is 4.98 Å². The van der Waals surface area contributed by atoms with Crippen molar-refractivity contribution in [3.05, 3.63) is 164 Å². The van der Waals surface area contributed by atoms with Gasteiger partial charge in [-0.15, -0.1) is 11.3 Å². The average molecular weight is 590 g/mol. The number of aromatic nitrogens is 1. The van der Waals surface area contributed by atoms with Crippen LogP contribution >= 0.6 is 11.3 Å². The van der Waals surface area contributed by atoms with E-state index in [-0.39, 0.29) is 0 Å². The summed E-state index contributed by atoms with van der Waals surface area (Å²) in [6.07, 6.45) is 1.90. The maximum Gasteiger partial charge on any atom is 0.0786 e. The second-order valence-corrected chi connectivity index (χ2v) is 12.7. The van der Waals surface area contributed by atoms with Crippen LogP contribution in [0.15, 0.2) is 164 Å². The maximum atomic E-state index is 4.85. The van der Waals surface area contributed by atoms with Crippen LogP contribution in [0, 0.1) is 0 Å². The average Bonchev–Trinajstić information content (AvgIpc) is 3.50. The lowest BCUT2D eigenvalue weighted by molar-refractivity contribution is 1.43. The van der Waals surface area contributed by atoms with E-state index < -0.39 is 0 Å². The Kier molecular flexibility index (Phi) is 6.07. The number of nitrogens with zero attached hydrogens (tertiary/aromatic N) is 1. The van der Waals surface area contributed by atoms with Crippen LogP contribution in [0.25, 0.3) is 86.4 Å². The Labute approximate surface area is 265 Å². The highest BCUT2D eigenvalue weighted by molar-refractivity contribution is 7.26. The van der Waals surface area contributed by atoms with Crippen molar-refractivity contribution in [2.45, 2.75) is 0 Å². The summed E-state index contributed by atoms with van der Waals surface area (Å²) in [4.78, 5) is 4.85. The lowest BCUT2D eigenvalue weighted by Crippen LogP contribution is -1.87. The van der Waals surface area contributed by atoms with Gasteiger partial charge < -0.3 is 0 Å². The number of pyridine rings is 1. The Morgan fingerprint density at radius 2 is 1.00 bits per heavy atom. The van der Waals surface area contributed by atoms with Crippen molar-refractivity contribution in [1.82, 2.24) is 4.98 Å². The second-order valence-electron chi connectivity index (χ2n) is 11.6. The van der Waals surface area contributed by atoms with E-state index in [4.69, 9.17) is 4.98 Å². The molecule has 0 saturated carbocycles. The fraction of sp³-hybridized carbons (Fsp3) is 0. The fourth-order valence-electron chi connectivity index (χ4n) is 6.76. The van der Waals surface area contributed by atoms with Crippen molar-refractivity contribution in [3.63, 3.8) is 0 Å². The van der Waals surface area contributed by atoms with Gasteiger partial charge in [0.2, 0.25) is 0 Å². The quantitative estimate of drug-likeness (QED) is 0.186. The zero-order valence-corrected chi connectivity index (χ0v) is 25.3. The van der Waals surface area contributed by atoms with Crippen molar-refractivity contribution in [1.29, 1.82) is 0 Å². The topological polar surface area (TPSA) is 12.9 Å². The van der Waals surface area contributed by atoms with E-state index in [1.54, 1.807) is 0 Å². The largest absolute Gasteiger partial charge is 0.256 e. The highest BCUT2D eigenvalue weighted by Gasteiger charge is 2.16. The number of fused-ring (bicyclic) bond motifs is 6. The molecule has 7 aromatic carbocycles. The standard InChI is InChI=1S/C43H27NS/c1-3-10-28(11-4-1)33-24-34(29-12-5-2-6-13-29)26-35(25-33)32-21-22-39-38(27-32)42-37(17-8-18-40(42)45-39)36-16-7-14-30-19-20-31-15-9-23-44-43(31)41(30)36/h1-27H. The highest BCUT2D eigenvalue weighted by atomic mass is 32.1. The van der Waals surface area contributed by atoms with Crippen molar-refractivity contribution >= 4 is 53.2 Å². The van der Waals surface area contributed by atoms with Gasteiger partial charge in [0, 0.05) is 37.1 Å². The number of rotatable bonds is 4. The molecule has 0 saturated heterocycles. The van der Waals surface area contributed by atoms with E-state index in [9.17, 15) is 0 Å². The third-order valence-electron chi connectivity index (χ3n) is 8.88. The molecule has 1 nitrogen and oxygen atoms in total. The summed E-state index contributed by atoms with van der Waals surface area (Å²) in [7, 11) is 0. The molecule has 9 rings (SSSR count). The lowest BCUT2D eigenvalue weighted by Gasteiger charge is -2.13. The number of thiophene rings is 1. The summed E-state index contributed by atoms with van der Waals surface area (Å²) in [6, 6.07) is 57.3. The molecule has 0 amide bonds. The molecule has 9 aromatic rings. The third kappa shape index (κ3) is 4.42. The Bertz CT molecular complexity index is 2470. The van der Waals surface area contributed by atoms with Crippen LogP contribution in [0.2, 0.25) is 0 Å². The predicted octanol–water partition coefficient (Wildman–Crippen LogP) is 12.4. The van der Waals surface area contributed by atoms with Gasteiger partial charge >= 0.3 is 0 Å². The Hall–Kier alpha value is -5.57. The molecule has 0 radical (unpaired) electrons. The molecule has 0 bridgehead atoms. The molecule has 45 heavy (non-hydrogen) atoms. The summed E-state index contributed by atoms with van der Waals surface area (Å²) in [5.74, 6) is 0. The molecule has 2 heteroatoms. The normalized spacial score (nSPS) is 11.6. The van der Waals surface area contributed by atoms with Gasteiger partial charge in [0.25, 0.3) is 0 Å². The minimum Gasteiger partial charge on any atom is -0.256 e. The van der Waals surface area contributed by atoms with Crippen molar-refractivity contribution in [2.24, 2.45) is 0 Å². The van der Waals surface area contributed by atoms with Crippen LogP contribution in [0.1, 0.15) is 0 Å². The van der Waals surface area contributed by atoms with Crippen LogP contribution in [0.3, 0.4) is 0 Å². The Morgan fingerprint density at radius 1 is 0.378 bits per heavy atom. The van der Waals surface area contributed by atoms with Crippen molar-refractivity contribution in [2.75, 3.05) is 0 Å². The third-order valence-corrected chi connectivity index (χ3v) is 10.0. The van der Waals surface area contributed by atoms with Gasteiger partial charge in [-0.3, -0.25) is 4.98 Å². The van der Waals surface area contributed by atoms with E-state index >= 15 is 0 Å². The summed E-state index contributed by atoms with van der Waals surface area (Å²) >= 11 is 1.87. The molecule has 0 unspecified atom stereocenters. The van der Waals surface area contributed by atoms with Crippen LogP contribution in [0.5, 0.6) is 0 Å². The van der Waals surface area contributed by atoms with Crippen LogP contribution in [-0.2, 0) is 0 Å². The highest BCUT2D eigenvalue weighted by Crippen LogP contribution is 2.44. The first kappa shape index (κ1) is 25.9. The summed E-state index contributed by atoms with van der Waals surface area (Å²) in [5, 5.41) is 6.18. The summed E-state index contributed by atoms with van der Waals surface area (Å²) in [5.41, 5.74) is 10.8. The fourth-order valence-corrected chi connectivity index (χ4v) is 7.87. The van der Waals surface area contributed by atoms with Gasteiger partial charge in [0.05, 0.1) is 5.52 Å². The zero-order chi connectivity index (χ0) is 29.7. The van der Waals surface area contributed by atoms with E-state index in [0.29, 0.717) is 0 Å². The molecule has 0 N–H and O–H groups in total. The number of hydrogen-bond donors (Lipinski definition) is 0. The number of benzene rings is 7. The molecular formula is C43H27NS. The molecule has 0 aliphatic carbocycles. The van der Waals surface area contributed by atoms with Gasteiger partial charge in [-0.2, -0.15) is 0 Å². The summed E-state index contributed by atoms with van der Waals surface area (Å²) in [6.45, 7) is 0. The zero-order valence-electron chi connectivity index (χ0n) is 24.4. The summed E-state index contributed by atoms with van der Waals surface area (Å²) < 4.78 is 2.60. The minimum absolute atomic E-state index is 1.05. The van der Waals surface area contributed by atoms with E-state index in [1.165, 1.54) is 75.5 Å². The van der Waals surface area contributed by atoms with Gasteiger partial charge in [-0.05, 0) is 92.4 Å². The Morgan fingerprint density at radius 3 is 1.73 bits per heavy atom. The van der Waals surface area contributed by atoms with E-state index in [1.807, 2.05) is 23.6 Å². The Balaban J connectivity index is 1.29. The molecule has 0 fully saturated rings. The van der Waals surface area contributed by atoms with E-state index in [2.05, 4.69) is 152 Å². The monoisotopic (exact) mass is 589 g/mol. The van der Waals surface area contributed by atoms with E-state index in [0.717, 1.165) is 10.9 Å². The van der Waals surface area contributed by atoms with Gasteiger partial charge in [-0.1, -0.05) is 115 Å². The van der Waals surface area contributed by atoms with Crippen LogP contribution < -0.4 is 0 Å². The lowest BCUT2D eigenvalue weighted by atomic mass is 9.91. The molecule has 0 atom stereocenters. The van der Waals surface area contributed by atoms with Crippen molar-refractivity contribution < 1.29 is 0 Å². The first-order chi connectivity index (χ1) is 22.3. The molecule has 0 aliphatic rings. The van der Waals surface area contributed by atoms with Crippen LogP contribution in [0.4, 0.5) is 0 Å². The SMILES string of the molecule is c1ccc(-c2cc(-c3ccccc3)cc(-c3ccc4sc5cccc(-c6cccc7ccc8cccnc8c67)c5c4c3)c2)cc1.